The maximum Gasteiger partial charge on any atom is 0.227 e. The molecule has 1 aromatic heterocycles. The summed E-state index contributed by atoms with van der Waals surface area (Å²) in [5.41, 5.74) is 2.87. The minimum Gasteiger partial charge on any atom is -0.338 e. The second-order valence-electron chi connectivity index (χ2n) is 6.01. The van der Waals surface area contributed by atoms with Crippen LogP contribution in [-0.2, 0) is 11.2 Å². The molecule has 2 heterocycles. The van der Waals surface area contributed by atoms with Crippen molar-refractivity contribution in [2.75, 3.05) is 13.1 Å². The first-order chi connectivity index (χ1) is 11.6. The van der Waals surface area contributed by atoms with Crippen molar-refractivity contribution in [1.82, 2.24) is 14.5 Å². The molecule has 0 bridgehead atoms. The van der Waals surface area contributed by atoms with Crippen molar-refractivity contribution in [2.45, 2.75) is 12.5 Å². The minimum atomic E-state index is -0.311. The van der Waals surface area contributed by atoms with Gasteiger partial charge < -0.3 is 9.47 Å². The summed E-state index contributed by atoms with van der Waals surface area (Å²) >= 11 is 3.31. The number of amides is 1. The fraction of sp³-hybridized carbons (Fsp3) is 0.222. The predicted molar refractivity (Wildman–Crippen MR) is 93.2 cm³/mol. The van der Waals surface area contributed by atoms with Crippen LogP contribution < -0.4 is 0 Å². The highest BCUT2D eigenvalue weighted by molar-refractivity contribution is 9.10. The van der Waals surface area contributed by atoms with Gasteiger partial charge in [-0.15, -0.1) is 0 Å². The Morgan fingerprint density at radius 2 is 2.04 bits per heavy atom. The lowest BCUT2D eigenvalue weighted by atomic mass is 10.1. The van der Waals surface area contributed by atoms with E-state index >= 15 is 0 Å². The van der Waals surface area contributed by atoms with E-state index in [0.717, 1.165) is 16.6 Å². The van der Waals surface area contributed by atoms with E-state index in [-0.39, 0.29) is 24.2 Å². The molecule has 1 fully saturated rings. The standard InChI is InChI=1S/C18H15BrFN3O/c19-15-8-13(20)6-5-12(15)7-18(24)22-9-14(10-22)23-11-21-16-3-1-2-4-17(16)23/h1-6,8,11,14H,7,9-10H2. The first kappa shape index (κ1) is 15.3. The van der Waals surface area contributed by atoms with Gasteiger partial charge in [0.1, 0.15) is 5.82 Å². The van der Waals surface area contributed by atoms with Crippen LogP contribution >= 0.6 is 15.9 Å². The Hall–Kier alpha value is -2.21. The number of rotatable bonds is 3. The summed E-state index contributed by atoms with van der Waals surface area (Å²) in [5, 5.41) is 0. The molecule has 1 aliphatic heterocycles. The summed E-state index contributed by atoms with van der Waals surface area (Å²) in [6, 6.07) is 12.7. The van der Waals surface area contributed by atoms with E-state index in [1.54, 1.807) is 6.07 Å². The van der Waals surface area contributed by atoms with Crippen LogP contribution in [0.5, 0.6) is 0 Å². The molecular weight excluding hydrogens is 373 g/mol. The van der Waals surface area contributed by atoms with E-state index in [9.17, 15) is 9.18 Å². The molecule has 4 rings (SSSR count). The van der Waals surface area contributed by atoms with Gasteiger partial charge in [0.05, 0.1) is 29.8 Å². The maximum absolute atomic E-state index is 13.1. The zero-order valence-electron chi connectivity index (χ0n) is 12.8. The molecule has 0 N–H and O–H groups in total. The number of halogens is 2. The number of para-hydroxylation sites is 2. The first-order valence-electron chi connectivity index (χ1n) is 7.75. The number of carbonyl (C=O) groups is 1. The molecule has 122 valence electrons. The summed E-state index contributed by atoms with van der Waals surface area (Å²) in [4.78, 5) is 18.6. The maximum atomic E-state index is 13.1. The van der Waals surface area contributed by atoms with Crippen molar-refractivity contribution < 1.29 is 9.18 Å². The molecular formula is C18H15BrFN3O. The summed E-state index contributed by atoms with van der Waals surface area (Å²) in [6.45, 7) is 1.36. The Morgan fingerprint density at radius 1 is 1.25 bits per heavy atom. The van der Waals surface area contributed by atoms with Crippen LogP contribution in [0.4, 0.5) is 4.39 Å². The molecule has 1 aliphatic rings. The molecule has 1 amide bonds. The number of likely N-dealkylation sites (tertiary alicyclic amines) is 1. The van der Waals surface area contributed by atoms with Gasteiger partial charge in [0.2, 0.25) is 5.91 Å². The van der Waals surface area contributed by atoms with Crippen LogP contribution in [0.1, 0.15) is 11.6 Å². The van der Waals surface area contributed by atoms with E-state index in [0.29, 0.717) is 17.6 Å². The molecule has 0 atom stereocenters. The summed E-state index contributed by atoms with van der Waals surface area (Å²) < 4.78 is 15.9. The Kier molecular flexibility index (Phi) is 3.84. The number of benzene rings is 2. The SMILES string of the molecule is O=C(Cc1ccc(F)cc1Br)N1CC(n2cnc3ccccc32)C1. The topological polar surface area (TPSA) is 38.1 Å². The van der Waals surface area contributed by atoms with Gasteiger partial charge in [-0.25, -0.2) is 9.37 Å². The molecule has 0 unspecified atom stereocenters. The highest BCUT2D eigenvalue weighted by Gasteiger charge is 2.32. The second-order valence-corrected chi connectivity index (χ2v) is 6.86. The fourth-order valence-corrected chi connectivity index (χ4v) is 3.53. The molecule has 24 heavy (non-hydrogen) atoms. The highest BCUT2D eigenvalue weighted by Crippen LogP contribution is 2.27. The van der Waals surface area contributed by atoms with Crippen LogP contribution in [0.15, 0.2) is 53.3 Å². The van der Waals surface area contributed by atoms with Gasteiger partial charge in [-0.1, -0.05) is 34.1 Å². The summed E-state index contributed by atoms with van der Waals surface area (Å²) in [6.07, 6.45) is 2.12. The molecule has 1 saturated heterocycles. The van der Waals surface area contributed by atoms with Crippen LogP contribution in [0, 0.1) is 5.82 Å². The van der Waals surface area contributed by atoms with Gasteiger partial charge in [-0.05, 0) is 29.8 Å². The van der Waals surface area contributed by atoms with Crippen molar-refractivity contribution in [3.63, 3.8) is 0 Å². The lowest BCUT2D eigenvalue weighted by Gasteiger charge is -2.40. The first-order valence-corrected chi connectivity index (χ1v) is 8.54. The van der Waals surface area contributed by atoms with Gasteiger partial charge in [0.25, 0.3) is 0 Å². The number of imidazole rings is 1. The van der Waals surface area contributed by atoms with Crippen molar-refractivity contribution in [3.8, 4) is 0 Å². The fourth-order valence-electron chi connectivity index (χ4n) is 3.04. The Morgan fingerprint density at radius 3 is 2.83 bits per heavy atom. The lowest BCUT2D eigenvalue weighted by molar-refractivity contribution is -0.136. The van der Waals surface area contributed by atoms with E-state index in [1.165, 1.54) is 12.1 Å². The highest BCUT2D eigenvalue weighted by atomic mass is 79.9. The number of hydrogen-bond donors (Lipinski definition) is 0. The predicted octanol–water partition coefficient (Wildman–Crippen LogP) is 3.56. The van der Waals surface area contributed by atoms with Crippen molar-refractivity contribution >= 4 is 32.9 Å². The molecule has 4 nitrogen and oxygen atoms in total. The van der Waals surface area contributed by atoms with E-state index in [4.69, 9.17) is 0 Å². The van der Waals surface area contributed by atoms with Crippen molar-refractivity contribution in [2.24, 2.45) is 0 Å². The number of hydrogen-bond acceptors (Lipinski definition) is 2. The average molecular weight is 388 g/mol. The minimum absolute atomic E-state index is 0.0583. The van der Waals surface area contributed by atoms with Gasteiger partial charge >= 0.3 is 0 Å². The Bertz CT molecular complexity index is 918. The Balaban J connectivity index is 1.42. The molecule has 3 aromatic rings. The third-order valence-electron chi connectivity index (χ3n) is 4.45. The van der Waals surface area contributed by atoms with E-state index in [1.807, 2.05) is 35.5 Å². The Labute approximate surface area is 147 Å². The largest absolute Gasteiger partial charge is 0.338 e. The van der Waals surface area contributed by atoms with Gasteiger partial charge in [-0.3, -0.25) is 4.79 Å². The molecule has 0 aliphatic carbocycles. The van der Waals surface area contributed by atoms with Gasteiger partial charge in [-0.2, -0.15) is 0 Å². The van der Waals surface area contributed by atoms with Gasteiger partial charge in [0, 0.05) is 17.6 Å². The van der Waals surface area contributed by atoms with Crippen LogP contribution in [0.2, 0.25) is 0 Å². The summed E-state index contributed by atoms with van der Waals surface area (Å²) in [5.74, 6) is -0.253. The molecule has 0 radical (unpaired) electrons. The van der Waals surface area contributed by atoms with Gasteiger partial charge in [0.15, 0.2) is 0 Å². The number of aromatic nitrogens is 2. The van der Waals surface area contributed by atoms with E-state index in [2.05, 4.69) is 25.5 Å². The molecule has 0 spiro atoms. The molecule has 2 aromatic carbocycles. The number of nitrogens with zero attached hydrogens (tertiary/aromatic N) is 3. The number of fused-ring (bicyclic) bond motifs is 1. The zero-order valence-corrected chi connectivity index (χ0v) is 14.4. The van der Waals surface area contributed by atoms with Crippen molar-refractivity contribution in [3.05, 3.63) is 64.6 Å². The van der Waals surface area contributed by atoms with Crippen LogP contribution in [0.25, 0.3) is 11.0 Å². The van der Waals surface area contributed by atoms with Crippen LogP contribution in [0.3, 0.4) is 0 Å². The van der Waals surface area contributed by atoms with Crippen molar-refractivity contribution in [1.29, 1.82) is 0 Å². The normalized spacial score (nSPS) is 14.8. The quantitative estimate of drug-likeness (QED) is 0.688. The van der Waals surface area contributed by atoms with E-state index < -0.39 is 0 Å². The third-order valence-corrected chi connectivity index (χ3v) is 5.18. The average Bonchev–Trinajstić information content (AvgIpc) is 2.93. The zero-order chi connectivity index (χ0) is 16.7. The molecule has 6 heteroatoms. The second kappa shape index (κ2) is 6.02. The summed E-state index contributed by atoms with van der Waals surface area (Å²) in [7, 11) is 0. The number of carbonyl (C=O) groups excluding carboxylic acids is 1. The lowest BCUT2D eigenvalue weighted by Crippen LogP contribution is -2.51. The monoisotopic (exact) mass is 387 g/mol. The van der Waals surface area contributed by atoms with Crippen LogP contribution in [-0.4, -0.2) is 33.4 Å². The third kappa shape index (κ3) is 2.71. The molecule has 0 saturated carbocycles. The smallest absolute Gasteiger partial charge is 0.227 e.